The Bertz CT molecular complexity index is 222. The molecule has 0 saturated carbocycles. The SMILES string of the molecule is O=C(O)Cc1ccnnc1. The van der Waals surface area contributed by atoms with Crippen molar-refractivity contribution in [3.63, 3.8) is 0 Å². The summed E-state index contributed by atoms with van der Waals surface area (Å²) in [6.45, 7) is 0. The quantitative estimate of drug-likeness (QED) is 0.629. The molecule has 0 atom stereocenters. The topological polar surface area (TPSA) is 63.1 Å². The molecule has 4 heteroatoms. The van der Waals surface area contributed by atoms with Crippen LogP contribution in [0.2, 0.25) is 0 Å². The molecule has 1 rings (SSSR count). The van der Waals surface area contributed by atoms with Crippen molar-refractivity contribution in [1.82, 2.24) is 10.2 Å². The molecule has 0 radical (unpaired) electrons. The molecular weight excluding hydrogens is 132 g/mol. The highest BCUT2D eigenvalue weighted by atomic mass is 16.4. The van der Waals surface area contributed by atoms with E-state index >= 15 is 0 Å². The number of aromatic nitrogens is 2. The van der Waals surface area contributed by atoms with Gasteiger partial charge in [-0.3, -0.25) is 4.79 Å². The molecule has 52 valence electrons. The predicted molar refractivity (Wildman–Crippen MR) is 33.4 cm³/mol. The number of aliphatic carboxylic acids is 1. The van der Waals surface area contributed by atoms with Gasteiger partial charge in [-0.25, -0.2) is 0 Å². The smallest absolute Gasteiger partial charge is 0.307 e. The molecule has 4 nitrogen and oxygen atoms in total. The molecule has 0 saturated heterocycles. The second kappa shape index (κ2) is 2.91. The van der Waals surface area contributed by atoms with E-state index in [1.807, 2.05) is 0 Å². The molecule has 0 aliphatic heterocycles. The van der Waals surface area contributed by atoms with Crippen LogP contribution in [-0.4, -0.2) is 21.3 Å². The van der Waals surface area contributed by atoms with Crippen molar-refractivity contribution in [2.45, 2.75) is 6.42 Å². The normalized spacial score (nSPS) is 9.20. The minimum Gasteiger partial charge on any atom is -0.481 e. The van der Waals surface area contributed by atoms with Crippen molar-refractivity contribution in [3.8, 4) is 0 Å². The first-order chi connectivity index (χ1) is 4.79. The highest BCUT2D eigenvalue weighted by Gasteiger charge is 1.97. The van der Waals surface area contributed by atoms with Gasteiger partial charge in [0.15, 0.2) is 0 Å². The monoisotopic (exact) mass is 138 g/mol. The van der Waals surface area contributed by atoms with Gasteiger partial charge in [-0.15, -0.1) is 0 Å². The Morgan fingerprint density at radius 1 is 1.60 bits per heavy atom. The summed E-state index contributed by atoms with van der Waals surface area (Å²) in [5.74, 6) is -0.854. The van der Waals surface area contributed by atoms with Crippen molar-refractivity contribution in [1.29, 1.82) is 0 Å². The van der Waals surface area contributed by atoms with Gasteiger partial charge in [-0.1, -0.05) is 0 Å². The Hall–Kier alpha value is -1.45. The van der Waals surface area contributed by atoms with E-state index in [-0.39, 0.29) is 6.42 Å². The second-order valence-corrected chi connectivity index (χ2v) is 1.82. The van der Waals surface area contributed by atoms with Crippen LogP contribution in [0.25, 0.3) is 0 Å². The summed E-state index contributed by atoms with van der Waals surface area (Å²) in [6, 6.07) is 1.63. The standard InChI is InChI=1S/C6H6N2O2/c9-6(10)3-5-1-2-7-8-4-5/h1-2,4H,3H2,(H,9,10). The number of nitrogens with zero attached hydrogens (tertiary/aromatic N) is 2. The molecule has 0 aromatic carbocycles. The van der Waals surface area contributed by atoms with Gasteiger partial charge in [0.25, 0.3) is 0 Å². The van der Waals surface area contributed by atoms with Crippen molar-refractivity contribution in [3.05, 3.63) is 24.0 Å². The van der Waals surface area contributed by atoms with E-state index in [0.717, 1.165) is 0 Å². The molecule has 0 fully saturated rings. The van der Waals surface area contributed by atoms with E-state index in [0.29, 0.717) is 5.56 Å². The summed E-state index contributed by atoms with van der Waals surface area (Å²) in [5.41, 5.74) is 0.669. The number of carboxylic acid groups (broad SMARTS) is 1. The molecule has 0 bridgehead atoms. The summed E-state index contributed by atoms with van der Waals surface area (Å²) in [4.78, 5) is 10.1. The lowest BCUT2D eigenvalue weighted by atomic mass is 10.2. The van der Waals surface area contributed by atoms with Crippen LogP contribution in [0.1, 0.15) is 5.56 Å². The fourth-order valence-corrected chi connectivity index (χ4v) is 0.597. The van der Waals surface area contributed by atoms with E-state index in [2.05, 4.69) is 10.2 Å². The number of rotatable bonds is 2. The number of hydrogen-bond donors (Lipinski definition) is 1. The van der Waals surface area contributed by atoms with Gasteiger partial charge in [0, 0.05) is 6.20 Å². The Labute approximate surface area is 57.5 Å². The molecule has 0 aliphatic carbocycles. The molecule has 1 aromatic rings. The summed E-state index contributed by atoms with van der Waals surface area (Å²) in [6.07, 6.45) is 2.92. The number of carbonyl (C=O) groups is 1. The van der Waals surface area contributed by atoms with Crippen molar-refractivity contribution < 1.29 is 9.90 Å². The van der Waals surface area contributed by atoms with Gasteiger partial charge >= 0.3 is 5.97 Å². The first-order valence-corrected chi connectivity index (χ1v) is 2.76. The van der Waals surface area contributed by atoms with Crippen LogP contribution in [0.4, 0.5) is 0 Å². The third-order valence-corrected chi connectivity index (χ3v) is 1.00. The summed E-state index contributed by atoms with van der Waals surface area (Å²) in [7, 11) is 0. The first-order valence-electron chi connectivity index (χ1n) is 2.76. The van der Waals surface area contributed by atoms with Crippen molar-refractivity contribution >= 4 is 5.97 Å². The van der Waals surface area contributed by atoms with Crippen LogP contribution in [0.5, 0.6) is 0 Å². The van der Waals surface area contributed by atoms with Crippen LogP contribution < -0.4 is 0 Å². The van der Waals surface area contributed by atoms with Gasteiger partial charge in [-0.05, 0) is 11.6 Å². The van der Waals surface area contributed by atoms with Crippen LogP contribution in [0.15, 0.2) is 18.5 Å². The fraction of sp³-hybridized carbons (Fsp3) is 0.167. The predicted octanol–water partition coefficient (Wildman–Crippen LogP) is 0.104. The van der Waals surface area contributed by atoms with E-state index in [4.69, 9.17) is 5.11 Å². The Morgan fingerprint density at radius 2 is 2.40 bits per heavy atom. The van der Waals surface area contributed by atoms with Crippen molar-refractivity contribution in [2.24, 2.45) is 0 Å². The molecular formula is C6H6N2O2. The van der Waals surface area contributed by atoms with Crippen LogP contribution in [0, 0.1) is 0 Å². The number of carboxylic acids is 1. The van der Waals surface area contributed by atoms with E-state index in [9.17, 15) is 4.79 Å². The zero-order chi connectivity index (χ0) is 7.40. The Balaban J connectivity index is 2.67. The van der Waals surface area contributed by atoms with Gasteiger partial charge in [-0.2, -0.15) is 10.2 Å². The zero-order valence-electron chi connectivity index (χ0n) is 5.19. The van der Waals surface area contributed by atoms with E-state index < -0.39 is 5.97 Å². The maximum absolute atomic E-state index is 10.1. The van der Waals surface area contributed by atoms with Crippen LogP contribution in [-0.2, 0) is 11.2 Å². The molecule has 0 amide bonds. The highest BCUT2D eigenvalue weighted by Crippen LogP contribution is 1.93. The summed E-state index contributed by atoms with van der Waals surface area (Å²) < 4.78 is 0. The maximum Gasteiger partial charge on any atom is 0.307 e. The summed E-state index contributed by atoms with van der Waals surface area (Å²) in [5, 5.41) is 15.4. The third-order valence-electron chi connectivity index (χ3n) is 1.00. The van der Waals surface area contributed by atoms with E-state index in [1.165, 1.54) is 12.4 Å². The van der Waals surface area contributed by atoms with Gasteiger partial charge in [0.2, 0.25) is 0 Å². The van der Waals surface area contributed by atoms with E-state index in [1.54, 1.807) is 6.07 Å². The number of hydrogen-bond acceptors (Lipinski definition) is 3. The summed E-state index contributed by atoms with van der Waals surface area (Å²) >= 11 is 0. The highest BCUT2D eigenvalue weighted by molar-refractivity contribution is 5.69. The molecule has 10 heavy (non-hydrogen) atoms. The first kappa shape index (κ1) is 6.67. The Morgan fingerprint density at radius 3 is 2.90 bits per heavy atom. The maximum atomic E-state index is 10.1. The molecule has 0 unspecified atom stereocenters. The molecule has 1 heterocycles. The third kappa shape index (κ3) is 1.81. The second-order valence-electron chi connectivity index (χ2n) is 1.82. The average molecular weight is 138 g/mol. The minimum atomic E-state index is -0.854. The molecule has 1 aromatic heterocycles. The molecule has 0 spiro atoms. The lowest BCUT2D eigenvalue weighted by Gasteiger charge is -1.91. The lowest BCUT2D eigenvalue weighted by Crippen LogP contribution is -2.00. The van der Waals surface area contributed by atoms with Gasteiger partial charge < -0.3 is 5.11 Å². The zero-order valence-corrected chi connectivity index (χ0v) is 5.19. The van der Waals surface area contributed by atoms with Crippen LogP contribution >= 0.6 is 0 Å². The Kier molecular flexibility index (Phi) is 1.94. The fourth-order valence-electron chi connectivity index (χ4n) is 0.597. The lowest BCUT2D eigenvalue weighted by molar-refractivity contribution is -0.136. The van der Waals surface area contributed by atoms with Crippen LogP contribution in [0.3, 0.4) is 0 Å². The molecule has 0 aliphatic rings. The van der Waals surface area contributed by atoms with Gasteiger partial charge in [0.1, 0.15) is 0 Å². The van der Waals surface area contributed by atoms with Gasteiger partial charge in [0.05, 0.1) is 12.6 Å². The largest absolute Gasteiger partial charge is 0.481 e. The minimum absolute atomic E-state index is 0.00944. The molecule has 1 N–H and O–H groups in total. The average Bonchev–Trinajstić information content (AvgIpc) is 1.88. The van der Waals surface area contributed by atoms with Crippen molar-refractivity contribution in [2.75, 3.05) is 0 Å².